The summed E-state index contributed by atoms with van der Waals surface area (Å²) >= 11 is 3.26. The highest BCUT2D eigenvalue weighted by Gasteiger charge is 2.14. The quantitative estimate of drug-likeness (QED) is 0.850. The van der Waals surface area contributed by atoms with Gasteiger partial charge in [-0.05, 0) is 35.0 Å². The number of halogens is 1. The molecule has 0 aliphatic carbocycles. The Balaban J connectivity index is 2.75. The fraction of sp³-hybridized carbons (Fsp3) is 0.364. The molecule has 0 aliphatic heterocycles. The van der Waals surface area contributed by atoms with Crippen molar-refractivity contribution in [2.75, 3.05) is 13.1 Å². The molecule has 4 nitrogen and oxygen atoms in total. The van der Waals surface area contributed by atoms with Gasteiger partial charge in [0.25, 0.3) is 5.91 Å². The third-order valence-electron chi connectivity index (χ3n) is 2.11. The third-order valence-corrected chi connectivity index (χ3v) is 2.58. The van der Waals surface area contributed by atoms with Gasteiger partial charge in [0, 0.05) is 23.8 Å². The van der Waals surface area contributed by atoms with Gasteiger partial charge in [-0.15, -0.1) is 0 Å². The molecule has 0 aliphatic rings. The zero-order chi connectivity index (χ0) is 12.0. The molecule has 0 bridgehead atoms. The lowest BCUT2D eigenvalue weighted by atomic mass is 10.3. The lowest BCUT2D eigenvalue weighted by Crippen LogP contribution is -2.32. The molecule has 0 unspecified atom stereocenters. The fourth-order valence-corrected chi connectivity index (χ4v) is 1.49. The SMILES string of the molecule is CCN(CCC#N)C(=O)c1ccc(Br)cn1. The average Bonchev–Trinajstić information content (AvgIpc) is 2.30. The van der Waals surface area contributed by atoms with Gasteiger partial charge in [-0.3, -0.25) is 4.79 Å². The number of amides is 1. The Kier molecular flexibility index (Phi) is 4.93. The summed E-state index contributed by atoms with van der Waals surface area (Å²) in [5.74, 6) is -0.134. The number of nitrogens with zero attached hydrogens (tertiary/aromatic N) is 3. The smallest absolute Gasteiger partial charge is 0.272 e. The zero-order valence-corrected chi connectivity index (χ0v) is 10.6. The molecule has 0 saturated heterocycles. The van der Waals surface area contributed by atoms with Gasteiger partial charge >= 0.3 is 0 Å². The van der Waals surface area contributed by atoms with Crippen molar-refractivity contribution in [3.05, 3.63) is 28.5 Å². The summed E-state index contributed by atoms with van der Waals surface area (Å²) in [5, 5.41) is 8.49. The van der Waals surface area contributed by atoms with E-state index in [0.717, 1.165) is 4.47 Å². The second-order valence-electron chi connectivity index (χ2n) is 3.15. The van der Waals surface area contributed by atoms with Gasteiger partial charge in [-0.2, -0.15) is 5.26 Å². The molecule has 0 N–H and O–H groups in total. The monoisotopic (exact) mass is 281 g/mol. The molecule has 1 rings (SSSR count). The molecule has 1 amide bonds. The first-order valence-electron chi connectivity index (χ1n) is 4.96. The predicted molar refractivity (Wildman–Crippen MR) is 63.7 cm³/mol. The van der Waals surface area contributed by atoms with Crippen LogP contribution in [0.15, 0.2) is 22.8 Å². The normalized spacial score (nSPS) is 9.56. The largest absolute Gasteiger partial charge is 0.337 e. The van der Waals surface area contributed by atoms with Crippen molar-refractivity contribution >= 4 is 21.8 Å². The molecule has 0 atom stereocenters. The van der Waals surface area contributed by atoms with E-state index in [1.54, 1.807) is 23.2 Å². The van der Waals surface area contributed by atoms with Crippen molar-refractivity contribution < 1.29 is 4.79 Å². The number of hydrogen-bond acceptors (Lipinski definition) is 3. The Bertz CT molecular complexity index is 397. The van der Waals surface area contributed by atoms with Crippen LogP contribution < -0.4 is 0 Å². The molecular weight excluding hydrogens is 270 g/mol. The van der Waals surface area contributed by atoms with E-state index >= 15 is 0 Å². The van der Waals surface area contributed by atoms with Crippen LogP contribution in [0.5, 0.6) is 0 Å². The van der Waals surface area contributed by atoms with Gasteiger partial charge < -0.3 is 4.90 Å². The van der Waals surface area contributed by atoms with Gasteiger partial charge in [-0.25, -0.2) is 4.98 Å². The van der Waals surface area contributed by atoms with E-state index < -0.39 is 0 Å². The highest BCUT2D eigenvalue weighted by atomic mass is 79.9. The molecule has 1 aromatic heterocycles. The number of carbonyl (C=O) groups is 1. The summed E-state index contributed by atoms with van der Waals surface area (Å²) in [6, 6.07) is 5.47. The molecule has 0 fully saturated rings. The lowest BCUT2D eigenvalue weighted by molar-refractivity contribution is 0.0762. The first-order chi connectivity index (χ1) is 7.69. The fourth-order valence-electron chi connectivity index (χ4n) is 1.25. The minimum Gasteiger partial charge on any atom is -0.337 e. The Morgan fingerprint density at radius 2 is 2.38 bits per heavy atom. The van der Waals surface area contributed by atoms with Gasteiger partial charge in [0.05, 0.1) is 12.5 Å². The van der Waals surface area contributed by atoms with Crippen LogP contribution in [0.4, 0.5) is 0 Å². The van der Waals surface area contributed by atoms with Gasteiger partial charge in [-0.1, -0.05) is 0 Å². The van der Waals surface area contributed by atoms with Crippen molar-refractivity contribution in [2.45, 2.75) is 13.3 Å². The van der Waals surface area contributed by atoms with Crippen molar-refractivity contribution in [3.8, 4) is 6.07 Å². The second kappa shape index (κ2) is 6.23. The van der Waals surface area contributed by atoms with Crippen LogP contribution in [0.25, 0.3) is 0 Å². The summed E-state index contributed by atoms with van der Waals surface area (Å²) in [5.41, 5.74) is 0.406. The van der Waals surface area contributed by atoms with E-state index in [4.69, 9.17) is 5.26 Å². The topological polar surface area (TPSA) is 57.0 Å². The summed E-state index contributed by atoms with van der Waals surface area (Å²) in [4.78, 5) is 17.6. The summed E-state index contributed by atoms with van der Waals surface area (Å²) < 4.78 is 0.837. The first-order valence-corrected chi connectivity index (χ1v) is 5.76. The van der Waals surface area contributed by atoms with Gasteiger partial charge in [0.2, 0.25) is 0 Å². The molecule has 0 radical (unpaired) electrons. The number of pyridine rings is 1. The third kappa shape index (κ3) is 3.31. The van der Waals surface area contributed by atoms with Crippen LogP contribution in [-0.2, 0) is 0 Å². The van der Waals surface area contributed by atoms with Crippen LogP contribution in [0, 0.1) is 11.3 Å². The molecule has 5 heteroatoms. The van der Waals surface area contributed by atoms with Crippen LogP contribution >= 0.6 is 15.9 Å². The summed E-state index contributed by atoms with van der Waals surface area (Å²) in [6.07, 6.45) is 1.93. The number of carbonyl (C=O) groups excluding carboxylic acids is 1. The predicted octanol–water partition coefficient (Wildman–Crippen LogP) is 2.22. The van der Waals surface area contributed by atoms with Crippen molar-refractivity contribution in [1.82, 2.24) is 9.88 Å². The molecule has 84 valence electrons. The molecule has 1 aromatic rings. The Hall–Kier alpha value is -1.41. The van der Waals surface area contributed by atoms with Crippen LogP contribution in [0.1, 0.15) is 23.8 Å². The van der Waals surface area contributed by atoms with E-state index in [1.807, 2.05) is 13.0 Å². The maximum absolute atomic E-state index is 11.9. The summed E-state index contributed by atoms with van der Waals surface area (Å²) in [6.45, 7) is 2.91. The number of aromatic nitrogens is 1. The molecule has 0 saturated carbocycles. The number of hydrogen-bond donors (Lipinski definition) is 0. The number of rotatable bonds is 4. The Morgan fingerprint density at radius 1 is 1.62 bits per heavy atom. The minimum absolute atomic E-state index is 0.134. The molecule has 0 spiro atoms. The molecule has 0 aromatic carbocycles. The van der Waals surface area contributed by atoms with E-state index in [-0.39, 0.29) is 5.91 Å². The Labute approximate surface area is 103 Å². The molecular formula is C11H12BrN3O. The maximum atomic E-state index is 11.9. The van der Waals surface area contributed by atoms with Crippen molar-refractivity contribution in [1.29, 1.82) is 5.26 Å². The summed E-state index contributed by atoms with van der Waals surface area (Å²) in [7, 11) is 0. The highest BCUT2D eigenvalue weighted by Crippen LogP contribution is 2.09. The lowest BCUT2D eigenvalue weighted by Gasteiger charge is -2.18. The average molecular weight is 282 g/mol. The van der Waals surface area contributed by atoms with E-state index in [0.29, 0.717) is 25.2 Å². The van der Waals surface area contributed by atoms with Crippen molar-refractivity contribution in [2.24, 2.45) is 0 Å². The highest BCUT2D eigenvalue weighted by molar-refractivity contribution is 9.10. The van der Waals surface area contributed by atoms with Gasteiger partial charge in [0.15, 0.2) is 0 Å². The van der Waals surface area contributed by atoms with Crippen LogP contribution in [0.2, 0.25) is 0 Å². The van der Waals surface area contributed by atoms with E-state index in [9.17, 15) is 4.79 Å². The van der Waals surface area contributed by atoms with Gasteiger partial charge in [0.1, 0.15) is 5.69 Å². The second-order valence-corrected chi connectivity index (χ2v) is 4.07. The molecule has 16 heavy (non-hydrogen) atoms. The Morgan fingerprint density at radius 3 is 2.88 bits per heavy atom. The van der Waals surface area contributed by atoms with E-state index in [2.05, 4.69) is 20.9 Å². The van der Waals surface area contributed by atoms with Crippen LogP contribution in [0.3, 0.4) is 0 Å². The minimum atomic E-state index is -0.134. The van der Waals surface area contributed by atoms with Crippen LogP contribution in [-0.4, -0.2) is 28.9 Å². The van der Waals surface area contributed by atoms with E-state index in [1.165, 1.54) is 0 Å². The standard InChI is InChI=1S/C11H12BrN3O/c1-2-15(7-3-6-13)11(16)10-5-4-9(12)8-14-10/h4-5,8H,2-3,7H2,1H3. The zero-order valence-electron chi connectivity index (χ0n) is 8.98. The molecule has 1 heterocycles. The number of nitriles is 1. The maximum Gasteiger partial charge on any atom is 0.272 e. The van der Waals surface area contributed by atoms with Crippen molar-refractivity contribution in [3.63, 3.8) is 0 Å². The first kappa shape index (κ1) is 12.7.